The van der Waals surface area contributed by atoms with Crippen molar-refractivity contribution in [3.05, 3.63) is 29.3 Å². The summed E-state index contributed by atoms with van der Waals surface area (Å²) in [5, 5.41) is 12.0. The summed E-state index contributed by atoms with van der Waals surface area (Å²) in [5.74, 6) is -0.219. The van der Waals surface area contributed by atoms with Crippen LogP contribution in [0.15, 0.2) is 18.2 Å². The van der Waals surface area contributed by atoms with Gasteiger partial charge in [-0.25, -0.2) is 13.1 Å². The van der Waals surface area contributed by atoms with Crippen molar-refractivity contribution in [2.24, 2.45) is 0 Å². The lowest BCUT2D eigenvalue weighted by atomic mass is 10.1. The fourth-order valence-electron chi connectivity index (χ4n) is 1.84. The lowest BCUT2D eigenvalue weighted by Crippen LogP contribution is -2.51. The first-order valence-electron chi connectivity index (χ1n) is 6.07. The second kappa shape index (κ2) is 5.80. The van der Waals surface area contributed by atoms with Crippen LogP contribution in [0.1, 0.15) is 29.8 Å². The van der Waals surface area contributed by atoms with Gasteiger partial charge in [-0.2, -0.15) is 0 Å². The molecule has 0 fully saturated rings. The van der Waals surface area contributed by atoms with Crippen LogP contribution in [0.5, 0.6) is 5.75 Å². The highest BCUT2D eigenvalue weighted by Crippen LogP contribution is 2.15. The van der Waals surface area contributed by atoms with Gasteiger partial charge in [0.05, 0.1) is 6.26 Å². The normalized spacial score (nSPS) is 12.2. The molecule has 112 valence electrons. The summed E-state index contributed by atoms with van der Waals surface area (Å²) in [7, 11) is -3.34. The smallest absolute Gasteiger partial charge is 0.251 e. The van der Waals surface area contributed by atoms with Crippen LogP contribution in [0.25, 0.3) is 0 Å². The highest BCUT2D eigenvalue weighted by molar-refractivity contribution is 7.88. The molecule has 0 spiro atoms. The van der Waals surface area contributed by atoms with E-state index in [2.05, 4.69) is 10.0 Å². The number of carbonyl (C=O) groups excluding carboxylic acids is 1. The molecule has 6 nitrogen and oxygen atoms in total. The van der Waals surface area contributed by atoms with Crippen LogP contribution < -0.4 is 10.0 Å². The fourth-order valence-corrected chi connectivity index (χ4v) is 2.91. The van der Waals surface area contributed by atoms with Gasteiger partial charge in [-0.3, -0.25) is 4.79 Å². The Kier molecular flexibility index (Phi) is 4.77. The number of aryl methyl sites for hydroxylation is 1. The lowest BCUT2D eigenvalue weighted by molar-refractivity contribution is 0.0944. The second-order valence-electron chi connectivity index (χ2n) is 5.44. The molecule has 7 heteroatoms. The largest absolute Gasteiger partial charge is 0.508 e. The van der Waals surface area contributed by atoms with Gasteiger partial charge in [0.1, 0.15) is 5.75 Å². The third-order valence-corrected chi connectivity index (χ3v) is 3.53. The number of amides is 1. The topological polar surface area (TPSA) is 95.5 Å². The molecule has 1 rings (SSSR count). The van der Waals surface area contributed by atoms with Crippen LogP contribution in [0.4, 0.5) is 0 Å². The molecule has 0 atom stereocenters. The molecule has 0 unspecified atom stereocenters. The molecular weight excluding hydrogens is 280 g/mol. The molecule has 20 heavy (non-hydrogen) atoms. The number of phenols is 1. The average Bonchev–Trinajstić information content (AvgIpc) is 2.22. The summed E-state index contributed by atoms with van der Waals surface area (Å²) in [5.41, 5.74) is 0.308. The Morgan fingerprint density at radius 3 is 2.45 bits per heavy atom. The zero-order valence-electron chi connectivity index (χ0n) is 12.0. The molecular formula is C13H20N2O4S. The molecule has 0 heterocycles. The molecule has 1 aromatic rings. The van der Waals surface area contributed by atoms with Crippen LogP contribution in [-0.2, 0) is 10.0 Å². The minimum Gasteiger partial charge on any atom is -0.508 e. The van der Waals surface area contributed by atoms with E-state index in [-0.39, 0.29) is 18.2 Å². The van der Waals surface area contributed by atoms with E-state index in [4.69, 9.17) is 0 Å². The first-order chi connectivity index (χ1) is 9.00. The maximum absolute atomic E-state index is 12.0. The van der Waals surface area contributed by atoms with E-state index in [0.29, 0.717) is 11.1 Å². The Hall–Kier alpha value is -1.60. The van der Waals surface area contributed by atoms with Gasteiger partial charge < -0.3 is 10.4 Å². The van der Waals surface area contributed by atoms with E-state index < -0.39 is 15.6 Å². The molecule has 1 aromatic carbocycles. The van der Waals surface area contributed by atoms with E-state index in [0.717, 1.165) is 6.26 Å². The monoisotopic (exact) mass is 300 g/mol. The maximum Gasteiger partial charge on any atom is 0.251 e. The van der Waals surface area contributed by atoms with Crippen LogP contribution in [0.2, 0.25) is 0 Å². The van der Waals surface area contributed by atoms with Crippen molar-refractivity contribution in [1.29, 1.82) is 0 Å². The van der Waals surface area contributed by atoms with Crippen LogP contribution in [0.3, 0.4) is 0 Å². The van der Waals surface area contributed by atoms with Crippen molar-refractivity contribution in [1.82, 2.24) is 10.0 Å². The van der Waals surface area contributed by atoms with Gasteiger partial charge >= 0.3 is 0 Å². The van der Waals surface area contributed by atoms with E-state index >= 15 is 0 Å². The predicted molar refractivity (Wildman–Crippen MR) is 77.2 cm³/mol. The number of hydrogen-bond donors (Lipinski definition) is 3. The number of nitrogens with one attached hydrogen (secondary N) is 2. The van der Waals surface area contributed by atoms with Crippen molar-refractivity contribution >= 4 is 15.9 Å². The lowest BCUT2D eigenvalue weighted by Gasteiger charge is -2.25. The predicted octanol–water partition coefficient (Wildman–Crippen LogP) is 0.758. The molecule has 0 aromatic heterocycles. The molecule has 0 aliphatic rings. The Bertz CT molecular complexity index is 609. The van der Waals surface area contributed by atoms with Gasteiger partial charge in [-0.15, -0.1) is 0 Å². The number of hydrogen-bond acceptors (Lipinski definition) is 4. The average molecular weight is 300 g/mol. The fraction of sp³-hybridized carbons (Fsp3) is 0.462. The molecule has 1 amide bonds. The molecule has 0 bridgehead atoms. The van der Waals surface area contributed by atoms with Gasteiger partial charge in [0, 0.05) is 17.6 Å². The van der Waals surface area contributed by atoms with Crippen molar-refractivity contribution in [3.63, 3.8) is 0 Å². The highest BCUT2D eigenvalue weighted by Gasteiger charge is 2.23. The van der Waals surface area contributed by atoms with Gasteiger partial charge in [0.15, 0.2) is 0 Å². The summed E-state index contributed by atoms with van der Waals surface area (Å²) >= 11 is 0. The third-order valence-electron chi connectivity index (χ3n) is 2.61. The van der Waals surface area contributed by atoms with Crippen molar-refractivity contribution in [2.45, 2.75) is 26.3 Å². The van der Waals surface area contributed by atoms with Gasteiger partial charge in [-0.1, -0.05) is 0 Å². The second-order valence-corrected chi connectivity index (χ2v) is 7.19. The van der Waals surface area contributed by atoms with Crippen LogP contribution in [0, 0.1) is 6.92 Å². The van der Waals surface area contributed by atoms with E-state index in [1.54, 1.807) is 20.8 Å². The number of phenolic OH excluding ortho intramolecular Hbond substituents is 1. The Morgan fingerprint density at radius 2 is 1.95 bits per heavy atom. The number of carbonyl (C=O) groups is 1. The minimum absolute atomic E-state index is 0.0955. The number of aromatic hydroxyl groups is 1. The van der Waals surface area contributed by atoms with Gasteiger partial charge in [-0.05, 0) is 44.5 Å². The molecule has 0 saturated carbocycles. The summed E-state index contributed by atoms with van der Waals surface area (Å²) in [6.45, 7) is 5.23. The summed E-state index contributed by atoms with van der Waals surface area (Å²) < 4.78 is 24.8. The first-order valence-corrected chi connectivity index (χ1v) is 7.96. The minimum atomic E-state index is -3.34. The van der Waals surface area contributed by atoms with Crippen molar-refractivity contribution in [2.75, 3.05) is 12.8 Å². The number of sulfonamides is 1. The van der Waals surface area contributed by atoms with E-state index in [1.165, 1.54) is 18.2 Å². The Balaban J connectivity index is 2.72. The highest BCUT2D eigenvalue weighted by atomic mass is 32.2. The van der Waals surface area contributed by atoms with E-state index in [9.17, 15) is 18.3 Å². The van der Waals surface area contributed by atoms with E-state index in [1.807, 2.05) is 0 Å². The Labute approximate surface area is 119 Å². The molecule has 0 saturated heterocycles. The zero-order valence-corrected chi connectivity index (χ0v) is 12.8. The standard InChI is InChI=1S/C13H20N2O4S/c1-9-7-10(16)5-6-11(9)12(17)14-8-13(2,3)15-20(4,18)19/h5-7,15-16H,8H2,1-4H3,(H,14,17). The molecule has 0 aliphatic heterocycles. The summed E-state index contributed by atoms with van der Waals surface area (Å²) in [4.78, 5) is 12.0. The summed E-state index contributed by atoms with van der Waals surface area (Å²) in [6, 6.07) is 4.45. The maximum atomic E-state index is 12.0. The van der Waals surface area contributed by atoms with Gasteiger partial charge in [0.25, 0.3) is 5.91 Å². The molecule has 0 radical (unpaired) electrons. The zero-order chi connectivity index (χ0) is 15.6. The van der Waals surface area contributed by atoms with Gasteiger partial charge in [0.2, 0.25) is 10.0 Å². The quantitative estimate of drug-likeness (QED) is 0.748. The molecule has 3 N–H and O–H groups in total. The van der Waals surface area contributed by atoms with Crippen LogP contribution >= 0.6 is 0 Å². The third kappa shape index (κ3) is 5.18. The first kappa shape index (κ1) is 16.5. The van der Waals surface area contributed by atoms with Crippen molar-refractivity contribution in [3.8, 4) is 5.75 Å². The number of rotatable bonds is 5. The molecule has 0 aliphatic carbocycles. The Morgan fingerprint density at radius 1 is 1.35 bits per heavy atom. The van der Waals surface area contributed by atoms with Crippen molar-refractivity contribution < 1.29 is 18.3 Å². The van der Waals surface area contributed by atoms with Crippen LogP contribution in [-0.4, -0.2) is 37.8 Å². The summed E-state index contributed by atoms with van der Waals surface area (Å²) in [6.07, 6.45) is 1.07. The SMILES string of the molecule is Cc1cc(O)ccc1C(=O)NCC(C)(C)NS(C)(=O)=O. The number of benzene rings is 1.